The van der Waals surface area contributed by atoms with Gasteiger partial charge in [-0.1, -0.05) is 26.3 Å². The van der Waals surface area contributed by atoms with Crippen LogP contribution in [0.2, 0.25) is 0 Å². The first kappa shape index (κ1) is 20.9. The Hall–Kier alpha value is -1.95. The summed E-state index contributed by atoms with van der Waals surface area (Å²) in [4.78, 5) is 37.9. The zero-order valence-corrected chi connectivity index (χ0v) is 18.8. The van der Waals surface area contributed by atoms with Crippen molar-refractivity contribution in [3.8, 4) is 0 Å². The van der Waals surface area contributed by atoms with Crippen molar-refractivity contribution >= 4 is 17.5 Å². The van der Waals surface area contributed by atoms with Crippen LogP contribution in [0.1, 0.15) is 66.2 Å². The number of esters is 1. The van der Waals surface area contributed by atoms with E-state index in [4.69, 9.17) is 9.47 Å². The molecule has 6 nitrogen and oxygen atoms in total. The molecule has 0 spiro atoms. The van der Waals surface area contributed by atoms with E-state index in [-0.39, 0.29) is 41.2 Å². The smallest absolute Gasteiger partial charge is 0.306 e. The number of allylic oxidation sites excluding steroid dienone is 2. The van der Waals surface area contributed by atoms with Gasteiger partial charge in [0.1, 0.15) is 6.61 Å². The van der Waals surface area contributed by atoms with Gasteiger partial charge in [-0.3, -0.25) is 14.4 Å². The second kappa shape index (κ2) is 6.53. The molecule has 4 aliphatic carbocycles. The van der Waals surface area contributed by atoms with E-state index in [1.165, 1.54) is 5.57 Å². The number of hydrogen-bond donors (Lipinski definition) is 1. The zero-order chi connectivity index (χ0) is 22.3. The minimum Gasteiger partial charge on any atom is -0.450 e. The van der Waals surface area contributed by atoms with E-state index in [9.17, 15) is 19.5 Å². The summed E-state index contributed by atoms with van der Waals surface area (Å²) >= 11 is 0. The summed E-state index contributed by atoms with van der Waals surface area (Å²) in [6, 6.07) is 0. The van der Waals surface area contributed by atoms with Gasteiger partial charge in [-0.25, -0.2) is 0 Å². The second-order valence-electron chi connectivity index (χ2n) is 10.6. The van der Waals surface area contributed by atoms with Crippen LogP contribution in [-0.2, 0) is 23.9 Å². The number of aliphatic hydroxyl groups excluding tert-OH is 1. The molecule has 5 rings (SSSR count). The topological polar surface area (TPSA) is 93.2 Å². The molecule has 168 valence electrons. The molecule has 3 fully saturated rings. The average molecular weight is 429 g/mol. The maximum Gasteiger partial charge on any atom is 0.306 e. The van der Waals surface area contributed by atoms with Crippen LogP contribution in [0.3, 0.4) is 0 Å². The Morgan fingerprint density at radius 3 is 2.68 bits per heavy atom. The molecule has 6 heteroatoms. The Morgan fingerprint density at radius 2 is 2.00 bits per heavy atom. The van der Waals surface area contributed by atoms with E-state index in [2.05, 4.69) is 13.8 Å². The normalized spacial score (nSPS) is 44.9. The molecule has 1 aliphatic heterocycles. The molecule has 7 atom stereocenters. The summed E-state index contributed by atoms with van der Waals surface area (Å²) in [6.45, 7) is 7.43. The molecule has 0 amide bonds. The predicted molar refractivity (Wildman–Crippen MR) is 111 cm³/mol. The number of carbonyl (C=O) groups excluding carboxylic acids is 3. The van der Waals surface area contributed by atoms with Crippen molar-refractivity contribution in [3.05, 3.63) is 23.2 Å². The Labute approximate surface area is 183 Å². The second-order valence-corrected chi connectivity index (χ2v) is 10.6. The first-order valence-corrected chi connectivity index (χ1v) is 11.7. The summed E-state index contributed by atoms with van der Waals surface area (Å²) in [5.41, 5.74) is -0.852. The highest BCUT2D eigenvalue weighted by molar-refractivity contribution is 6.07. The Kier molecular flexibility index (Phi) is 4.41. The number of Topliss-reactive ketones (excluding diaryl/α,β-unsaturated/α-hetero) is 1. The van der Waals surface area contributed by atoms with Gasteiger partial charge in [0.05, 0.1) is 5.41 Å². The number of ketones is 2. The molecular weight excluding hydrogens is 396 g/mol. The largest absolute Gasteiger partial charge is 0.450 e. The molecule has 1 N–H and O–H groups in total. The minimum atomic E-state index is -1.27. The predicted octanol–water partition coefficient (Wildman–Crippen LogP) is 3.48. The Bertz CT molecular complexity index is 946. The highest BCUT2D eigenvalue weighted by Gasteiger charge is 2.72. The van der Waals surface area contributed by atoms with Crippen LogP contribution in [0.15, 0.2) is 23.2 Å². The third-order valence-electron chi connectivity index (χ3n) is 9.62. The summed E-state index contributed by atoms with van der Waals surface area (Å²) in [6.07, 6.45) is 6.20. The third kappa shape index (κ3) is 2.40. The van der Waals surface area contributed by atoms with Gasteiger partial charge in [-0.15, -0.1) is 0 Å². The summed E-state index contributed by atoms with van der Waals surface area (Å²) < 4.78 is 11.7. The molecule has 3 saturated carbocycles. The molecule has 0 aromatic rings. The number of fused-ring (bicyclic) bond motifs is 6. The van der Waals surface area contributed by atoms with E-state index < -0.39 is 17.6 Å². The van der Waals surface area contributed by atoms with Crippen LogP contribution in [0.4, 0.5) is 0 Å². The molecule has 5 aliphatic rings. The van der Waals surface area contributed by atoms with Gasteiger partial charge in [0, 0.05) is 17.8 Å². The lowest BCUT2D eigenvalue weighted by atomic mass is 9.47. The van der Waals surface area contributed by atoms with E-state index in [1.54, 1.807) is 13.0 Å². The number of hydrogen-bond acceptors (Lipinski definition) is 6. The fourth-order valence-electron chi connectivity index (χ4n) is 8.13. The first-order valence-electron chi connectivity index (χ1n) is 11.7. The van der Waals surface area contributed by atoms with Crippen molar-refractivity contribution < 1.29 is 29.0 Å². The molecule has 0 aromatic carbocycles. The highest BCUT2D eigenvalue weighted by Crippen LogP contribution is 2.71. The summed E-state index contributed by atoms with van der Waals surface area (Å²) in [5, 5.41) is 9.86. The number of ether oxygens (including phenoxy) is 2. The van der Waals surface area contributed by atoms with Crippen LogP contribution < -0.4 is 0 Å². The maximum atomic E-state index is 13.2. The van der Waals surface area contributed by atoms with E-state index in [0.29, 0.717) is 17.6 Å². The van der Waals surface area contributed by atoms with Crippen molar-refractivity contribution in [2.24, 2.45) is 34.5 Å². The Balaban J connectivity index is 1.55. The molecule has 0 unspecified atom stereocenters. The van der Waals surface area contributed by atoms with Gasteiger partial charge in [0.15, 0.2) is 11.4 Å². The minimum absolute atomic E-state index is 0.00454. The van der Waals surface area contributed by atoms with E-state index in [1.807, 2.05) is 6.92 Å². The fraction of sp³-hybridized carbons (Fsp3) is 0.720. The van der Waals surface area contributed by atoms with Crippen LogP contribution in [0, 0.1) is 34.5 Å². The van der Waals surface area contributed by atoms with Gasteiger partial charge in [-0.2, -0.15) is 0 Å². The molecule has 0 bridgehead atoms. The van der Waals surface area contributed by atoms with Gasteiger partial charge < -0.3 is 14.6 Å². The zero-order valence-electron chi connectivity index (χ0n) is 18.8. The van der Waals surface area contributed by atoms with Crippen LogP contribution in [0.5, 0.6) is 0 Å². The number of rotatable bonds is 4. The Morgan fingerprint density at radius 1 is 1.26 bits per heavy atom. The monoisotopic (exact) mass is 428 g/mol. The third-order valence-corrected chi connectivity index (χ3v) is 9.62. The van der Waals surface area contributed by atoms with Gasteiger partial charge >= 0.3 is 5.97 Å². The summed E-state index contributed by atoms with van der Waals surface area (Å²) in [7, 11) is 0. The lowest BCUT2D eigenvalue weighted by Gasteiger charge is -2.57. The highest BCUT2D eigenvalue weighted by atomic mass is 16.6. The lowest BCUT2D eigenvalue weighted by Crippen LogP contribution is -2.61. The standard InChI is InChI=1S/C25H32O6/c1-5-20(29)31-25(19(28)12-26)13(2)10-17-15-7-6-14-11-18(27)21-22(30-21)24(14,4)16(15)8-9-23(17,25)3/h11,13,15-17,26H,5-10,12H2,1-4H3/t13-,15+,16-,17-,23-,24-,25-/m0/s1. The van der Waals surface area contributed by atoms with Crippen molar-refractivity contribution in [1.29, 1.82) is 0 Å². The average Bonchev–Trinajstić information content (AvgIpc) is 3.53. The molecular formula is C25H32O6. The van der Waals surface area contributed by atoms with Crippen molar-refractivity contribution in [2.75, 3.05) is 6.61 Å². The van der Waals surface area contributed by atoms with Crippen LogP contribution in [0.25, 0.3) is 0 Å². The quantitative estimate of drug-likeness (QED) is 0.689. The van der Waals surface area contributed by atoms with Crippen LogP contribution in [-0.4, -0.2) is 34.9 Å². The van der Waals surface area contributed by atoms with E-state index >= 15 is 0 Å². The lowest BCUT2D eigenvalue weighted by molar-refractivity contribution is -0.196. The fourth-order valence-corrected chi connectivity index (χ4v) is 8.13. The van der Waals surface area contributed by atoms with Gasteiger partial charge in [0.25, 0.3) is 0 Å². The molecule has 0 aromatic heterocycles. The number of carbonyl (C=O) groups is 3. The summed E-state index contributed by atoms with van der Waals surface area (Å²) in [5.74, 6) is 1.37. The van der Waals surface area contributed by atoms with Crippen molar-refractivity contribution in [2.45, 2.75) is 71.8 Å². The maximum absolute atomic E-state index is 13.2. The van der Waals surface area contributed by atoms with Gasteiger partial charge in [-0.05, 0) is 62.9 Å². The molecule has 0 radical (unpaired) electrons. The number of aliphatic hydroxyl groups is 1. The molecule has 31 heavy (non-hydrogen) atoms. The van der Waals surface area contributed by atoms with Crippen LogP contribution >= 0.6 is 0 Å². The first-order chi connectivity index (χ1) is 14.6. The molecule has 0 saturated heterocycles. The van der Waals surface area contributed by atoms with Crippen molar-refractivity contribution in [3.63, 3.8) is 0 Å². The van der Waals surface area contributed by atoms with Gasteiger partial charge in [0.2, 0.25) is 17.3 Å². The van der Waals surface area contributed by atoms with E-state index in [0.717, 1.165) is 37.9 Å². The van der Waals surface area contributed by atoms with Crippen molar-refractivity contribution in [1.82, 2.24) is 0 Å². The molecule has 1 heterocycles. The SMILES string of the molecule is CCC(=O)O[C@]1(C(=O)CO)[C@@H](C)C[C@H]2[C@@H]3CCC4=CC(=O)C5=C(O5)[C@]4(C)[C@H]3CC[C@@]21C.